The summed E-state index contributed by atoms with van der Waals surface area (Å²) in [5, 5.41) is 0. The summed E-state index contributed by atoms with van der Waals surface area (Å²) < 4.78 is 29.0. The van der Waals surface area contributed by atoms with E-state index in [9.17, 15) is 14.3 Å². The third-order valence-corrected chi connectivity index (χ3v) is 15.4. The molecular formula is C40H76NO7P. The van der Waals surface area contributed by atoms with Crippen LogP contribution in [0.1, 0.15) is 144 Å². The van der Waals surface area contributed by atoms with Crippen LogP contribution in [0.3, 0.4) is 0 Å². The summed E-state index contributed by atoms with van der Waals surface area (Å²) in [5.74, 6) is 6.63. The van der Waals surface area contributed by atoms with Gasteiger partial charge >= 0.3 is 13.8 Å². The van der Waals surface area contributed by atoms with Crippen molar-refractivity contribution >= 4 is 13.8 Å². The van der Waals surface area contributed by atoms with Crippen LogP contribution in [0.15, 0.2) is 0 Å². The molecule has 8 nitrogen and oxygen atoms in total. The second-order valence-electron chi connectivity index (χ2n) is 18.7. The van der Waals surface area contributed by atoms with E-state index in [2.05, 4.69) is 41.5 Å². The molecule has 0 aliphatic heterocycles. The van der Waals surface area contributed by atoms with Gasteiger partial charge in [0.15, 0.2) is 0 Å². The van der Waals surface area contributed by atoms with E-state index in [1.807, 2.05) is 21.1 Å². The maximum absolute atomic E-state index is 12.8. The highest BCUT2D eigenvalue weighted by Gasteiger charge is 2.60. The number of carbonyl (C=O) groups excluding carboxylic acids is 1. The van der Waals surface area contributed by atoms with Crippen molar-refractivity contribution in [2.45, 2.75) is 150 Å². The first kappa shape index (κ1) is 42.9. The van der Waals surface area contributed by atoms with Crippen LogP contribution in [-0.4, -0.2) is 67.8 Å². The van der Waals surface area contributed by atoms with Gasteiger partial charge in [-0.25, -0.2) is 4.57 Å². The molecule has 4 fully saturated rings. The quantitative estimate of drug-likeness (QED) is 0.0651. The molecule has 4 aliphatic rings. The first-order valence-corrected chi connectivity index (χ1v) is 21.6. The van der Waals surface area contributed by atoms with Crippen molar-refractivity contribution in [3.8, 4) is 0 Å². The Kier molecular flexibility index (Phi) is 15.8. The van der Waals surface area contributed by atoms with Gasteiger partial charge in [0.05, 0.1) is 27.7 Å². The van der Waals surface area contributed by atoms with Gasteiger partial charge in [-0.2, -0.15) is 0 Å². The molecule has 11 atom stereocenters. The summed E-state index contributed by atoms with van der Waals surface area (Å²) in [6.07, 6.45) is 18.3. The normalized spacial score (nSPS) is 35.3. The zero-order valence-electron chi connectivity index (χ0n) is 33.0. The van der Waals surface area contributed by atoms with Crippen molar-refractivity contribution < 1.29 is 38.0 Å². The van der Waals surface area contributed by atoms with Crippen LogP contribution in [0, 0.1) is 58.2 Å². The van der Waals surface area contributed by atoms with E-state index in [0.717, 1.165) is 60.7 Å². The molecule has 0 saturated heterocycles. The average Bonchev–Trinajstić information content (AvgIpc) is 3.35. The van der Waals surface area contributed by atoms with Crippen LogP contribution in [-0.2, 0) is 23.1 Å². The number of carbonyl (C=O) groups is 1. The van der Waals surface area contributed by atoms with Gasteiger partial charge in [-0.1, -0.05) is 60.8 Å². The molecule has 288 valence electrons. The topological polar surface area (TPSA) is 112 Å². The van der Waals surface area contributed by atoms with E-state index in [4.69, 9.17) is 13.8 Å². The summed E-state index contributed by atoms with van der Waals surface area (Å²) in [6.45, 7) is 16.0. The molecule has 9 heteroatoms. The Balaban J connectivity index is 0.00000650. The minimum absolute atomic E-state index is 0. The molecule has 2 N–H and O–H groups in total. The van der Waals surface area contributed by atoms with Gasteiger partial charge in [-0.3, -0.25) is 13.8 Å². The summed E-state index contributed by atoms with van der Waals surface area (Å²) in [6, 6.07) is 0. The fourth-order valence-corrected chi connectivity index (χ4v) is 12.2. The molecule has 0 radical (unpaired) electrons. The van der Waals surface area contributed by atoms with E-state index < -0.39 is 7.82 Å². The predicted molar refractivity (Wildman–Crippen MR) is 197 cm³/mol. The Labute approximate surface area is 300 Å². The van der Waals surface area contributed by atoms with Crippen LogP contribution < -0.4 is 0 Å². The van der Waals surface area contributed by atoms with Crippen LogP contribution >= 0.6 is 7.82 Å². The zero-order valence-corrected chi connectivity index (χ0v) is 33.9. The van der Waals surface area contributed by atoms with Gasteiger partial charge in [0, 0.05) is 6.42 Å². The summed E-state index contributed by atoms with van der Waals surface area (Å²) in [7, 11) is 1.97. The molecule has 0 aromatic heterocycles. The van der Waals surface area contributed by atoms with Gasteiger partial charge in [-0.15, -0.1) is 0 Å². The second-order valence-corrected chi connectivity index (χ2v) is 20.2. The number of phosphoric acid groups is 1. The lowest BCUT2D eigenvalue weighted by Gasteiger charge is -2.61. The zero-order chi connectivity index (χ0) is 35.3. The van der Waals surface area contributed by atoms with Crippen molar-refractivity contribution in [1.82, 2.24) is 0 Å². The van der Waals surface area contributed by atoms with Crippen LogP contribution in [0.25, 0.3) is 0 Å². The Hall–Kier alpha value is -0.500. The number of hydrogen-bond donors (Lipinski definition) is 1. The van der Waals surface area contributed by atoms with E-state index in [1.54, 1.807) is 0 Å². The third kappa shape index (κ3) is 11.0. The first-order chi connectivity index (χ1) is 22.5. The Morgan fingerprint density at radius 2 is 1.55 bits per heavy atom. The minimum Gasteiger partial charge on any atom is -0.870 e. The number of esters is 1. The fourth-order valence-electron chi connectivity index (χ4n) is 11.4. The maximum atomic E-state index is 12.8. The summed E-state index contributed by atoms with van der Waals surface area (Å²) in [4.78, 5) is 22.7. The van der Waals surface area contributed by atoms with Crippen molar-refractivity contribution in [3.05, 3.63) is 0 Å². The van der Waals surface area contributed by atoms with Crippen molar-refractivity contribution in [1.29, 1.82) is 0 Å². The van der Waals surface area contributed by atoms with Gasteiger partial charge < -0.3 is 19.6 Å². The Morgan fingerprint density at radius 3 is 2.22 bits per heavy atom. The lowest BCUT2D eigenvalue weighted by Crippen LogP contribution is -2.54. The minimum atomic E-state index is -4.03. The molecule has 4 saturated carbocycles. The summed E-state index contributed by atoms with van der Waals surface area (Å²) in [5.41, 5.74) is 0.920. The SMILES string of the molecule is CC[C@H](CC[C@@H](C)[C@H]1CCC2C3CC[C@H]4C[C@@H](OC(=O)CCCCCOP(=O)(O)OCC[N+](C)(C)C)CC[C@]4(C)C3CC[C@@]21C)C(C)C.[OH-]. The highest BCUT2D eigenvalue weighted by molar-refractivity contribution is 7.47. The summed E-state index contributed by atoms with van der Waals surface area (Å²) >= 11 is 0. The van der Waals surface area contributed by atoms with Gasteiger partial charge in [-0.05, 0) is 135 Å². The molecule has 4 aliphatic carbocycles. The second kappa shape index (κ2) is 18.0. The van der Waals surface area contributed by atoms with Crippen molar-refractivity contribution in [3.63, 3.8) is 0 Å². The molecular weight excluding hydrogens is 637 g/mol. The number of hydrogen-bond acceptors (Lipinski definition) is 6. The molecule has 4 unspecified atom stereocenters. The van der Waals surface area contributed by atoms with Crippen molar-refractivity contribution in [2.75, 3.05) is 40.9 Å². The van der Waals surface area contributed by atoms with Crippen LogP contribution in [0.2, 0.25) is 0 Å². The van der Waals surface area contributed by atoms with Crippen LogP contribution in [0.4, 0.5) is 0 Å². The first-order valence-electron chi connectivity index (χ1n) is 20.1. The molecule has 0 spiro atoms. The number of fused-ring (bicyclic) bond motifs is 5. The number of unbranched alkanes of at least 4 members (excludes halogenated alkanes) is 2. The number of rotatable bonds is 18. The molecule has 0 bridgehead atoms. The molecule has 0 heterocycles. The lowest BCUT2D eigenvalue weighted by atomic mass is 9.44. The highest BCUT2D eigenvalue weighted by Crippen LogP contribution is 2.68. The van der Waals surface area contributed by atoms with Gasteiger partial charge in [0.25, 0.3) is 0 Å². The number of quaternary nitrogens is 1. The number of likely N-dealkylation sites (N-methyl/N-ethyl adjacent to an activating group) is 1. The van der Waals surface area contributed by atoms with Crippen LogP contribution in [0.5, 0.6) is 0 Å². The molecule has 49 heavy (non-hydrogen) atoms. The largest absolute Gasteiger partial charge is 0.870 e. The van der Waals surface area contributed by atoms with Gasteiger partial charge in [0.2, 0.25) is 0 Å². The highest BCUT2D eigenvalue weighted by atomic mass is 31.2. The third-order valence-electron chi connectivity index (χ3n) is 14.4. The maximum Gasteiger partial charge on any atom is 0.472 e. The average molecular weight is 714 g/mol. The Morgan fingerprint density at radius 1 is 0.878 bits per heavy atom. The fraction of sp³-hybridized carbons (Fsp3) is 0.975. The molecule has 0 amide bonds. The van der Waals surface area contributed by atoms with E-state index in [0.29, 0.717) is 47.0 Å². The number of nitrogens with zero attached hydrogens (tertiary/aromatic N) is 1. The van der Waals surface area contributed by atoms with E-state index >= 15 is 0 Å². The number of phosphoric ester groups is 1. The molecule has 0 aromatic carbocycles. The van der Waals surface area contributed by atoms with E-state index in [-0.39, 0.29) is 30.8 Å². The lowest BCUT2D eigenvalue weighted by molar-refractivity contribution is -0.870. The smallest absolute Gasteiger partial charge is 0.472 e. The standard InChI is InChI=1S/C40H74NO6P.H2O/c1-10-31(29(2)3)16-15-30(4)35-19-20-36-34-18-17-32-28-33(21-23-39(32,5)37(34)22-24-40(35,36)6)47-38(42)14-12-11-13-26-45-48(43,44)46-27-25-41(7,8)9;/h29-37H,10-28H2,1-9H3;1H2/t30-,31-,32+,33+,34?,35-,36?,37?,39+,40-;/m1./s1. The molecule has 4 rings (SSSR count). The monoisotopic (exact) mass is 714 g/mol. The number of ether oxygens (including phenoxy) is 1. The Bertz CT molecular complexity index is 1080. The van der Waals surface area contributed by atoms with Gasteiger partial charge in [0.1, 0.15) is 19.3 Å². The van der Waals surface area contributed by atoms with E-state index in [1.165, 1.54) is 64.2 Å². The predicted octanol–water partition coefficient (Wildman–Crippen LogP) is 9.88. The molecule has 0 aromatic rings. The van der Waals surface area contributed by atoms with Crippen molar-refractivity contribution in [2.24, 2.45) is 58.2 Å².